The molecule has 1 saturated carbocycles. The van der Waals surface area contributed by atoms with Gasteiger partial charge in [0.2, 0.25) is 12.7 Å². The first-order chi connectivity index (χ1) is 18.1. The second kappa shape index (κ2) is 10.3. The molecule has 0 spiro atoms. The lowest BCUT2D eigenvalue weighted by atomic mass is 9.94. The Morgan fingerprint density at radius 1 is 1.27 bits per heavy atom. The van der Waals surface area contributed by atoms with E-state index in [-0.39, 0.29) is 18.7 Å². The number of aromatic nitrogens is 1. The fourth-order valence-corrected chi connectivity index (χ4v) is 6.72. The molecule has 0 radical (unpaired) electrons. The van der Waals surface area contributed by atoms with Gasteiger partial charge in [-0.15, -0.1) is 11.3 Å². The Hall–Kier alpha value is -2.65. The topological polar surface area (TPSA) is 72.9 Å². The van der Waals surface area contributed by atoms with Crippen LogP contribution in [-0.2, 0) is 21.4 Å². The maximum Gasteiger partial charge on any atom is 0.236 e. The zero-order valence-corrected chi connectivity index (χ0v) is 22.3. The molecule has 1 amide bonds. The van der Waals surface area contributed by atoms with Gasteiger partial charge in [-0.05, 0) is 68.0 Å². The fraction of sp³-hybridized carbons (Fsp3) is 0.429. The van der Waals surface area contributed by atoms with Crippen molar-refractivity contribution < 1.29 is 19.0 Å². The van der Waals surface area contributed by atoms with Gasteiger partial charge in [0.1, 0.15) is 0 Å². The second-order valence-corrected chi connectivity index (χ2v) is 11.4. The minimum atomic E-state index is -0.539. The van der Waals surface area contributed by atoms with E-state index in [1.807, 2.05) is 42.6 Å². The first-order valence-electron chi connectivity index (χ1n) is 12.7. The number of halogens is 1. The summed E-state index contributed by atoms with van der Waals surface area (Å²) >= 11 is 8.10. The van der Waals surface area contributed by atoms with Gasteiger partial charge in [0, 0.05) is 29.2 Å². The van der Waals surface area contributed by atoms with Gasteiger partial charge in [-0.3, -0.25) is 9.69 Å². The standard InChI is InChI=1S/C28H30ClN3O4S/c1-34-16-20-6-4-12-32(20)22(13-18-5-2-3-7-21(18)29)25-15-30-27(37-25)31-26(33)28(10-11-28)19-8-9-23-24(14-19)36-17-35-23/h2-3,5,7-9,14-15,20,22H,4,6,10-13,16-17H2,1H3,(H,30,31,33)/t20-,22?/m1/s1. The van der Waals surface area contributed by atoms with Crippen LogP contribution in [-0.4, -0.2) is 48.9 Å². The van der Waals surface area contributed by atoms with E-state index in [1.54, 1.807) is 18.4 Å². The monoisotopic (exact) mass is 539 g/mol. The van der Waals surface area contributed by atoms with Crippen LogP contribution in [0.15, 0.2) is 48.7 Å². The van der Waals surface area contributed by atoms with Crippen molar-refractivity contribution in [1.29, 1.82) is 0 Å². The van der Waals surface area contributed by atoms with Crippen molar-refractivity contribution in [3.63, 3.8) is 0 Å². The molecule has 3 heterocycles. The van der Waals surface area contributed by atoms with Crippen molar-refractivity contribution in [3.8, 4) is 11.5 Å². The van der Waals surface area contributed by atoms with Gasteiger partial charge in [0.05, 0.1) is 18.1 Å². The van der Waals surface area contributed by atoms with Gasteiger partial charge in [0.25, 0.3) is 0 Å². The van der Waals surface area contributed by atoms with Crippen molar-refractivity contribution in [2.75, 3.05) is 32.4 Å². The van der Waals surface area contributed by atoms with E-state index in [0.29, 0.717) is 23.5 Å². The number of ether oxygens (including phenoxy) is 3. The number of nitrogens with one attached hydrogen (secondary N) is 1. The number of rotatable bonds is 9. The van der Waals surface area contributed by atoms with Gasteiger partial charge < -0.3 is 19.5 Å². The van der Waals surface area contributed by atoms with E-state index in [4.69, 9.17) is 25.8 Å². The second-order valence-electron chi connectivity index (χ2n) is 9.97. The molecular weight excluding hydrogens is 510 g/mol. The Labute approximate surface area is 225 Å². The van der Waals surface area contributed by atoms with Gasteiger partial charge >= 0.3 is 0 Å². The molecule has 1 aliphatic carbocycles. The number of thiazole rings is 1. The molecule has 6 rings (SSSR count). The normalized spacial score (nSPS) is 20.6. The SMILES string of the molecule is COC[C@H]1CCCN1C(Cc1ccccc1Cl)c1cnc(NC(=O)C2(c3ccc4c(c3)OCO4)CC2)s1. The van der Waals surface area contributed by atoms with Crippen molar-refractivity contribution in [2.45, 2.75) is 49.6 Å². The van der Waals surface area contributed by atoms with Crippen LogP contribution in [0.25, 0.3) is 0 Å². The number of anilines is 1. The van der Waals surface area contributed by atoms with E-state index in [2.05, 4.69) is 21.3 Å². The molecule has 3 aliphatic rings. The van der Waals surface area contributed by atoms with E-state index < -0.39 is 5.41 Å². The third kappa shape index (κ3) is 4.83. The van der Waals surface area contributed by atoms with Crippen LogP contribution in [0.3, 0.4) is 0 Å². The highest BCUT2D eigenvalue weighted by molar-refractivity contribution is 7.15. The quantitative estimate of drug-likeness (QED) is 0.382. The highest BCUT2D eigenvalue weighted by Gasteiger charge is 2.52. The first-order valence-corrected chi connectivity index (χ1v) is 13.9. The molecule has 1 unspecified atom stereocenters. The molecule has 7 nitrogen and oxygen atoms in total. The molecule has 1 saturated heterocycles. The maximum absolute atomic E-state index is 13.4. The smallest absolute Gasteiger partial charge is 0.236 e. The van der Waals surface area contributed by atoms with E-state index in [1.165, 1.54) is 0 Å². The minimum Gasteiger partial charge on any atom is -0.454 e. The first kappa shape index (κ1) is 24.7. The lowest BCUT2D eigenvalue weighted by Crippen LogP contribution is -2.37. The van der Waals surface area contributed by atoms with Crippen molar-refractivity contribution in [2.24, 2.45) is 0 Å². The number of hydrogen-bond donors (Lipinski definition) is 1. The Kier molecular flexibility index (Phi) is 6.84. The molecule has 2 aromatic carbocycles. The summed E-state index contributed by atoms with van der Waals surface area (Å²) in [6.07, 6.45) is 6.53. The number of methoxy groups -OCH3 is 1. The predicted molar refractivity (Wildman–Crippen MR) is 144 cm³/mol. The number of carbonyl (C=O) groups is 1. The number of fused-ring (bicyclic) bond motifs is 1. The van der Waals surface area contributed by atoms with Crippen LogP contribution in [0.5, 0.6) is 11.5 Å². The zero-order valence-electron chi connectivity index (χ0n) is 20.7. The fourth-order valence-electron chi connectivity index (χ4n) is 5.57. The molecule has 1 N–H and O–H groups in total. The van der Waals surface area contributed by atoms with Gasteiger partial charge in [-0.25, -0.2) is 4.98 Å². The van der Waals surface area contributed by atoms with E-state index in [9.17, 15) is 4.79 Å². The molecule has 2 aliphatic heterocycles. The predicted octanol–water partition coefficient (Wildman–Crippen LogP) is 5.59. The largest absolute Gasteiger partial charge is 0.454 e. The summed E-state index contributed by atoms with van der Waals surface area (Å²) in [6, 6.07) is 14.3. The third-order valence-electron chi connectivity index (χ3n) is 7.74. The van der Waals surface area contributed by atoms with Crippen LogP contribution in [0, 0.1) is 0 Å². The Morgan fingerprint density at radius 3 is 2.92 bits per heavy atom. The molecule has 37 heavy (non-hydrogen) atoms. The number of hydrogen-bond acceptors (Lipinski definition) is 7. The van der Waals surface area contributed by atoms with Gasteiger partial charge in [-0.1, -0.05) is 35.9 Å². The van der Waals surface area contributed by atoms with Crippen molar-refractivity contribution in [3.05, 3.63) is 69.7 Å². The molecule has 2 atom stereocenters. The molecule has 2 fully saturated rings. The maximum atomic E-state index is 13.4. The highest BCUT2D eigenvalue weighted by Crippen LogP contribution is 2.51. The Morgan fingerprint density at radius 2 is 2.11 bits per heavy atom. The van der Waals surface area contributed by atoms with Crippen LogP contribution < -0.4 is 14.8 Å². The summed E-state index contributed by atoms with van der Waals surface area (Å²) in [5, 5.41) is 4.51. The summed E-state index contributed by atoms with van der Waals surface area (Å²) in [6.45, 7) is 1.91. The average Bonchev–Trinajstić information content (AvgIpc) is 3.22. The van der Waals surface area contributed by atoms with Crippen LogP contribution in [0.2, 0.25) is 5.02 Å². The Balaban J connectivity index is 1.23. The Bertz CT molecular complexity index is 1290. The summed E-state index contributed by atoms with van der Waals surface area (Å²) in [5.74, 6) is 1.41. The van der Waals surface area contributed by atoms with E-state index in [0.717, 1.165) is 65.4 Å². The number of nitrogens with zero attached hydrogens (tertiary/aromatic N) is 2. The molecular formula is C28H30ClN3O4S. The summed E-state index contributed by atoms with van der Waals surface area (Å²) in [4.78, 5) is 21.7. The number of benzene rings is 2. The van der Waals surface area contributed by atoms with Crippen molar-refractivity contribution in [1.82, 2.24) is 9.88 Å². The summed E-state index contributed by atoms with van der Waals surface area (Å²) in [5.41, 5.74) is 1.53. The van der Waals surface area contributed by atoms with Gasteiger partial charge in [0.15, 0.2) is 16.6 Å². The summed E-state index contributed by atoms with van der Waals surface area (Å²) < 4.78 is 16.5. The summed E-state index contributed by atoms with van der Waals surface area (Å²) in [7, 11) is 1.76. The lowest BCUT2D eigenvalue weighted by molar-refractivity contribution is -0.118. The van der Waals surface area contributed by atoms with Crippen LogP contribution in [0.4, 0.5) is 5.13 Å². The number of carbonyl (C=O) groups excluding carboxylic acids is 1. The average molecular weight is 540 g/mol. The lowest BCUT2D eigenvalue weighted by Gasteiger charge is -2.32. The zero-order chi connectivity index (χ0) is 25.4. The molecule has 9 heteroatoms. The third-order valence-corrected chi connectivity index (χ3v) is 9.12. The van der Waals surface area contributed by atoms with Crippen LogP contribution >= 0.6 is 22.9 Å². The van der Waals surface area contributed by atoms with E-state index >= 15 is 0 Å². The molecule has 0 bridgehead atoms. The number of amides is 1. The van der Waals surface area contributed by atoms with Crippen LogP contribution in [0.1, 0.15) is 47.7 Å². The number of likely N-dealkylation sites (tertiary alicyclic amines) is 1. The van der Waals surface area contributed by atoms with Crippen molar-refractivity contribution >= 4 is 34.0 Å². The molecule has 3 aromatic rings. The molecule has 194 valence electrons. The minimum absolute atomic E-state index is 0.0200. The van der Waals surface area contributed by atoms with Gasteiger partial charge in [-0.2, -0.15) is 0 Å². The molecule has 1 aromatic heterocycles. The highest BCUT2D eigenvalue weighted by atomic mass is 35.5.